The van der Waals surface area contributed by atoms with Gasteiger partial charge in [0.1, 0.15) is 12.4 Å². The summed E-state index contributed by atoms with van der Waals surface area (Å²) < 4.78 is 5.75. The first-order valence-corrected chi connectivity index (χ1v) is 7.31. The number of hydrogen-bond acceptors (Lipinski definition) is 3. The second-order valence-electron chi connectivity index (χ2n) is 6.37. The first-order valence-electron chi connectivity index (χ1n) is 7.31. The summed E-state index contributed by atoms with van der Waals surface area (Å²) in [5.41, 5.74) is 3.44. The fraction of sp³-hybridized carbons (Fsp3) is 0.389. The van der Waals surface area contributed by atoms with Crippen LogP contribution in [0.15, 0.2) is 42.6 Å². The predicted molar refractivity (Wildman–Crippen MR) is 86.3 cm³/mol. The maximum Gasteiger partial charge on any atom is 0.130 e. The second-order valence-corrected chi connectivity index (χ2v) is 6.37. The Kier molecular flexibility index (Phi) is 4.97. The fourth-order valence-electron chi connectivity index (χ4n) is 1.87. The summed E-state index contributed by atoms with van der Waals surface area (Å²) in [4.78, 5) is 4.45. The summed E-state index contributed by atoms with van der Waals surface area (Å²) in [7, 11) is 0. The lowest BCUT2D eigenvalue weighted by Gasteiger charge is -2.20. The molecule has 0 amide bonds. The van der Waals surface area contributed by atoms with Gasteiger partial charge in [-0.05, 0) is 57.0 Å². The van der Waals surface area contributed by atoms with Gasteiger partial charge in [0.05, 0.1) is 5.69 Å². The summed E-state index contributed by atoms with van der Waals surface area (Å²) in [5.74, 6) is 0.885. The lowest BCUT2D eigenvalue weighted by atomic mass is 10.1. The zero-order valence-corrected chi connectivity index (χ0v) is 13.3. The number of hydrogen-bond donors (Lipinski definition) is 1. The number of ether oxygens (including phenoxy) is 1. The average molecular weight is 284 g/mol. The van der Waals surface area contributed by atoms with Crippen molar-refractivity contribution in [2.75, 3.05) is 0 Å². The van der Waals surface area contributed by atoms with Crippen LogP contribution >= 0.6 is 0 Å². The van der Waals surface area contributed by atoms with Crippen LogP contribution in [0.3, 0.4) is 0 Å². The Balaban J connectivity index is 1.87. The number of aryl methyl sites for hydroxylation is 1. The van der Waals surface area contributed by atoms with Crippen molar-refractivity contribution >= 4 is 0 Å². The maximum atomic E-state index is 5.75. The molecule has 0 bridgehead atoms. The van der Waals surface area contributed by atoms with Gasteiger partial charge in [0, 0.05) is 18.3 Å². The second kappa shape index (κ2) is 6.72. The smallest absolute Gasteiger partial charge is 0.130 e. The van der Waals surface area contributed by atoms with Crippen molar-refractivity contribution < 1.29 is 4.74 Å². The Labute approximate surface area is 127 Å². The minimum Gasteiger partial charge on any atom is -0.487 e. The minimum atomic E-state index is 0.118. The van der Waals surface area contributed by atoms with E-state index in [1.165, 1.54) is 11.1 Å². The maximum absolute atomic E-state index is 5.75. The van der Waals surface area contributed by atoms with Crippen molar-refractivity contribution in [2.24, 2.45) is 0 Å². The highest BCUT2D eigenvalue weighted by Gasteiger charge is 2.08. The lowest BCUT2D eigenvalue weighted by Crippen LogP contribution is -2.35. The monoisotopic (exact) mass is 284 g/mol. The molecular weight excluding hydrogens is 260 g/mol. The predicted octanol–water partition coefficient (Wildman–Crippen LogP) is 3.86. The van der Waals surface area contributed by atoms with Crippen molar-refractivity contribution in [1.29, 1.82) is 0 Å². The highest BCUT2D eigenvalue weighted by Crippen LogP contribution is 2.14. The minimum absolute atomic E-state index is 0.118. The Bertz CT molecular complexity index is 571. The molecule has 112 valence electrons. The van der Waals surface area contributed by atoms with E-state index in [0.717, 1.165) is 18.0 Å². The molecule has 2 rings (SSSR count). The molecule has 0 atom stereocenters. The van der Waals surface area contributed by atoms with Gasteiger partial charge in [-0.2, -0.15) is 0 Å². The van der Waals surface area contributed by atoms with E-state index in [-0.39, 0.29) is 5.54 Å². The van der Waals surface area contributed by atoms with Crippen molar-refractivity contribution in [1.82, 2.24) is 10.3 Å². The number of benzene rings is 1. The molecule has 2 aromatic rings. The molecule has 21 heavy (non-hydrogen) atoms. The third kappa shape index (κ3) is 5.56. The molecule has 0 unspecified atom stereocenters. The summed E-state index contributed by atoms with van der Waals surface area (Å²) in [5, 5.41) is 3.45. The van der Waals surface area contributed by atoms with Gasteiger partial charge >= 0.3 is 0 Å². The topological polar surface area (TPSA) is 34.1 Å². The zero-order chi connectivity index (χ0) is 15.3. The van der Waals surface area contributed by atoms with Crippen LogP contribution in [-0.2, 0) is 13.2 Å². The van der Waals surface area contributed by atoms with Gasteiger partial charge in [-0.15, -0.1) is 0 Å². The molecule has 3 heteroatoms. The van der Waals surface area contributed by atoms with E-state index in [1.54, 1.807) is 0 Å². The van der Waals surface area contributed by atoms with Crippen molar-refractivity contribution in [3.8, 4) is 5.75 Å². The van der Waals surface area contributed by atoms with Crippen LogP contribution in [0.4, 0.5) is 0 Å². The zero-order valence-electron chi connectivity index (χ0n) is 13.3. The van der Waals surface area contributed by atoms with Crippen LogP contribution in [0.25, 0.3) is 0 Å². The van der Waals surface area contributed by atoms with Crippen LogP contribution in [0.1, 0.15) is 37.6 Å². The highest BCUT2D eigenvalue weighted by molar-refractivity contribution is 5.27. The fourth-order valence-corrected chi connectivity index (χ4v) is 1.87. The molecule has 1 aromatic heterocycles. The number of pyridine rings is 1. The normalized spacial score (nSPS) is 11.4. The Morgan fingerprint density at radius 2 is 1.95 bits per heavy atom. The number of nitrogens with one attached hydrogen (secondary N) is 1. The Morgan fingerprint density at radius 3 is 2.57 bits per heavy atom. The highest BCUT2D eigenvalue weighted by atomic mass is 16.5. The number of nitrogens with zero attached hydrogens (tertiary/aromatic N) is 1. The van der Waals surface area contributed by atoms with Crippen molar-refractivity contribution in [3.63, 3.8) is 0 Å². The molecule has 0 aliphatic rings. The van der Waals surface area contributed by atoms with E-state index in [1.807, 2.05) is 30.5 Å². The van der Waals surface area contributed by atoms with Crippen LogP contribution < -0.4 is 10.1 Å². The molecule has 0 spiro atoms. The van der Waals surface area contributed by atoms with Gasteiger partial charge in [0.15, 0.2) is 0 Å². The van der Waals surface area contributed by atoms with Gasteiger partial charge in [-0.3, -0.25) is 4.98 Å². The summed E-state index contributed by atoms with van der Waals surface area (Å²) in [6, 6.07) is 12.2. The first-order chi connectivity index (χ1) is 9.92. The molecule has 1 aromatic carbocycles. The van der Waals surface area contributed by atoms with Gasteiger partial charge in [-0.1, -0.05) is 18.2 Å². The van der Waals surface area contributed by atoms with E-state index in [4.69, 9.17) is 4.74 Å². The van der Waals surface area contributed by atoms with Gasteiger partial charge in [0.2, 0.25) is 0 Å². The molecule has 0 aliphatic carbocycles. The SMILES string of the molecule is Cc1cccc(OCc2ccc(CNC(C)(C)C)cn2)c1. The summed E-state index contributed by atoms with van der Waals surface area (Å²) in [6.07, 6.45) is 1.91. The molecule has 1 heterocycles. The molecule has 1 N–H and O–H groups in total. The molecule has 0 aliphatic heterocycles. The Morgan fingerprint density at radius 1 is 1.14 bits per heavy atom. The molecule has 0 fully saturated rings. The van der Waals surface area contributed by atoms with Crippen LogP contribution in [0, 0.1) is 6.92 Å². The molecule has 0 saturated heterocycles. The van der Waals surface area contributed by atoms with Crippen molar-refractivity contribution in [3.05, 3.63) is 59.4 Å². The van der Waals surface area contributed by atoms with E-state index < -0.39 is 0 Å². The number of rotatable bonds is 5. The first kappa shape index (κ1) is 15.5. The quantitative estimate of drug-likeness (QED) is 0.905. The van der Waals surface area contributed by atoms with Gasteiger partial charge in [0.25, 0.3) is 0 Å². The van der Waals surface area contributed by atoms with E-state index in [0.29, 0.717) is 6.61 Å². The molecule has 0 radical (unpaired) electrons. The number of aromatic nitrogens is 1. The van der Waals surface area contributed by atoms with Gasteiger partial charge < -0.3 is 10.1 Å². The third-order valence-corrected chi connectivity index (χ3v) is 3.09. The largest absolute Gasteiger partial charge is 0.487 e. The van der Waals surface area contributed by atoms with E-state index in [9.17, 15) is 0 Å². The Hall–Kier alpha value is -1.87. The lowest BCUT2D eigenvalue weighted by molar-refractivity contribution is 0.301. The summed E-state index contributed by atoms with van der Waals surface area (Å²) >= 11 is 0. The summed E-state index contributed by atoms with van der Waals surface area (Å²) in [6.45, 7) is 9.85. The van der Waals surface area contributed by atoms with Gasteiger partial charge in [-0.25, -0.2) is 0 Å². The van der Waals surface area contributed by atoms with Crippen LogP contribution in [0.5, 0.6) is 5.75 Å². The van der Waals surface area contributed by atoms with Crippen LogP contribution in [0.2, 0.25) is 0 Å². The molecular formula is C18H24N2O. The van der Waals surface area contributed by atoms with Crippen LogP contribution in [-0.4, -0.2) is 10.5 Å². The van der Waals surface area contributed by atoms with E-state index >= 15 is 0 Å². The molecule has 3 nitrogen and oxygen atoms in total. The average Bonchev–Trinajstić information content (AvgIpc) is 2.43. The standard InChI is InChI=1S/C18H24N2O/c1-14-6-5-7-17(10-14)21-13-16-9-8-15(11-19-16)12-20-18(2,3)4/h5-11,20H,12-13H2,1-4H3. The third-order valence-electron chi connectivity index (χ3n) is 3.09. The van der Waals surface area contributed by atoms with E-state index in [2.05, 4.69) is 50.1 Å². The molecule has 0 saturated carbocycles. The van der Waals surface area contributed by atoms with Crippen molar-refractivity contribution in [2.45, 2.75) is 46.4 Å².